The van der Waals surface area contributed by atoms with Crippen LogP contribution in [0.5, 0.6) is 5.75 Å². The molecule has 1 N–H and O–H groups in total. The highest BCUT2D eigenvalue weighted by Crippen LogP contribution is 2.28. The fourth-order valence-corrected chi connectivity index (χ4v) is 2.16. The Kier molecular flexibility index (Phi) is 5.59. The lowest BCUT2D eigenvalue weighted by atomic mass is 10.1. The molecule has 4 heteroatoms. The lowest BCUT2D eigenvalue weighted by Crippen LogP contribution is -2.06. The molecular formula is C16H17BrO3. The second-order valence-electron chi connectivity index (χ2n) is 4.45. The summed E-state index contributed by atoms with van der Waals surface area (Å²) < 4.78 is 12.0. The Balaban J connectivity index is 1.89. The average molecular weight is 337 g/mol. The first-order valence-electron chi connectivity index (χ1n) is 6.39. The monoisotopic (exact) mass is 336 g/mol. The van der Waals surface area contributed by atoms with Gasteiger partial charge in [0.15, 0.2) is 6.79 Å². The Morgan fingerprint density at radius 1 is 1.15 bits per heavy atom. The molecule has 0 amide bonds. The molecule has 0 saturated heterocycles. The van der Waals surface area contributed by atoms with E-state index in [1.807, 2.05) is 48.5 Å². The summed E-state index contributed by atoms with van der Waals surface area (Å²) in [6, 6.07) is 15.4. The quantitative estimate of drug-likeness (QED) is 0.638. The summed E-state index contributed by atoms with van der Waals surface area (Å²) in [5, 5.41) is 9.69. The number of halogens is 1. The fourth-order valence-electron chi connectivity index (χ4n) is 1.82. The summed E-state index contributed by atoms with van der Waals surface area (Å²) in [5.41, 5.74) is 1.85. The fraction of sp³-hybridized carbons (Fsp3) is 0.250. The lowest BCUT2D eigenvalue weighted by Gasteiger charge is -2.14. The highest BCUT2D eigenvalue weighted by molar-refractivity contribution is 9.10. The van der Waals surface area contributed by atoms with Crippen molar-refractivity contribution in [2.75, 3.05) is 6.79 Å². The van der Waals surface area contributed by atoms with Gasteiger partial charge in [-0.05, 0) is 24.6 Å². The van der Waals surface area contributed by atoms with Gasteiger partial charge >= 0.3 is 0 Å². The molecule has 0 aliphatic rings. The molecule has 0 fully saturated rings. The molecule has 2 rings (SSSR count). The maximum atomic E-state index is 9.69. The smallest absolute Gasteiger partial charge is 0.189 e. The van der Waals surface area contributed by atoms with Crippen molar-refractivity contribution >= 4 is 15.9 Å². The number of aliphatic hydroxyl groups excluding tert-OH is 1. The summed E-state index contributed by atoms with van der Waals surface area (Å²) >= 11 is 3.39. The van der Waals surface area contributed by atoms with E-state index >= 15 is 0 Å². The van der Waals surface area contributed by atoms with E-state index in [9.17, 15) is 5.11 Å². The normalized spacial score (nSPS) is 12.2. The topological polar surface area (TPSA) is 38.7 Å². The zero-order chi connectivity index (χ0) is 14.4. The summed E-state index contributed by atoms with van der Waals surface area (Å²) in [4.78, 5) is 0. The van der Waals surface area contributed by atoms with Crippen molar-refractivity contribution < 1.29 is 14.6 Å². The molecule has 1 atom stereocenters. The van der Waals surface area contributed by atoms with Crippen LogP contribution in [0.4, 0.5) is 0 Å². The maximum absolute atomic E-state index is 9.69. The third kappa shape index (κ3) is 4.34. The van der Waals surface area contributed by atoms with Crippen LogP contribution in [-0.4, -0.2) is 11.9 Å². The van der Waals surface area contributed by atoms with Gasteiger partial charge in [0.2, 0.25) is 0 Å². The van der Waals surface area contributed by atoms with Crippen LogP contribution in [0.2, 0.25) is 0 Å². The minimum absolute atomic E-state index is 0.144. The molecule has 0 aliphatic carbocycles. The van der Waals surface area contributed by atoms with Crippen molar-refractivity contribution in [3.63, 3.8) is 0 Å². The van der Waals surface area contributed by atoms with Gasteiger partial charge < -0.3 is 14.6 Å². The van der Waals surface area contributed by atoms with Crippen LogP contribution in [0, 0.1) is 0 Å². The van der Waals surface area contributed by atoms with Crippen molar-refractivity contribution in [3.8, 4) is 5.75 Å². The second kappa shape index (κ2) is 7.43. The van der Waals surface area contributed by atoms with Crippen molar-refractivity contribution in [1.82, 2.24) is 0 Å². The van der Waals surface area contributed by atoms with Crippen molar-refractivity contribution in [3.05, 3.63) is 64.1 Å². The summed E-state index contributed by atoms with van der Waals surface area (Å²) in [6.07, 6.45) is -0.577. The number of benzene rings is 2. The number of rotatable bonds is 6. The van der Waals surface area contributed by atoms with E-state index in [0.717, 1.165) is 15.6 Å². The second-order valence-corrected chi connectivity index (χ2v) is 5.37. The first-order valence-corrected chi connectivity index (χ1v) is 7.18. The van der Waals surface area contributed by atoms with Gasteiger partial charge in [-0.2, -0.15) is 0 Å². The Hall–Kier alpha value is -1.36. The standard InChI is InChI=1S/C16H17BrO3/c1-12(18)15-8-7-14(17)9-16(15)20-11-19-10-13-5-3-2-4-6-13/h2-9,12,18H,10-11H2,1H3. The number of aliphatic hydroxyl groups is 1. The molecule has 0 heterocycles. The SMILES string of the molecule is CC(O)c1ccc(Br)cc1OCOCc1ccccc1. The van der Waals surface area contributed by atoms with Gasteiger partial charge in [-0.3, -0.25) is 0 Å². The van der Waals surface area contributed by atoms with Gasteiger partial charge in [-0.1, -0.05) is 52.3 Å². The molecule has 0 bridgehead atoms. The zero-order valence-corrected chi connectivity index (χ0v) is 12.8. The average Bonchev–Trinajstić information content (AvgIpc) is 2.44. The Bertz CT molecular complexity index is 541. The number of ether oxygens (including phenoxy) is 2. The van der Waals surface area contributed by atoms with E-state index in [2.05, 4.69) is 15.9 Å². The van der Waals surface area contributed by atoms with Gasteiger partial charge in [0.25, 0.3) is 0 Å². The molecular weight excluding hydrogens is 320 g/mol. The molecule has 20 heavy (non-hydrogen) atoms. The Labute approximate surface area is 127 Å². The molecule has 0 radical (unpaired) electrons. The predicted molar refractivity (Wildman–Crippen MR) is 81.5 cm³/mol. The van der Waals surface area contributed by atoms with E-state index in [-0.39, 0.29) is 6.79 Å². The Morgan fingerprint density at radius 2 is 1.90 bits per heavy atom. The first-order chi connectivity index (χ1) is 9.66. The third-order valence-corrected chi connectivity index (χ3v) is 3.33. The van der Waals surface area contributed by atoms with Crippen molar-refractivity contribution in [2.45, 2.75) is 19.6 Å². The molecule has 106 valence electrons. The third-order valence-electron chi connectivity index (χ3n) is 2.84. The summed E-state index contributed by atoms with van der Waals surface area (Å²) in [5.74, 6) is 0.627. The van der Waals surface area contributed by atoms with Crippen LogP contribution in [-0.2, 0) is 11.3 Å². The van der Waals surface area contributed by atoms with E-state index < -0.39 is 6.10 Å². The minimum Gasteiger partial charge on any atom is -0.467 e. The Morgan fingerprint density at radius 3 is 2.60 bits per heavy atom. The predicted octanol–water partition coefficient (Wildman–Crippen LogP) is 4.06. The highest BCUT2D eigenvalue weighted by Gasteiger charge is 2.09. The van der Waals surface area contributed by atoms with Gasteiger partial charge in [0, 0.05) is 10.0 Å². The van der Waals surface area contributed by atoms with Crippen LogP contribution in [0.1, 0.15) is 24.2 Å². The number of hydrogen-bond donors (Lipinski definition) is 1. The van der Waals surface area contributed by atoms with Crippen molar-refractivity contribution in [1.29, 1.82) is 0 Å². The van der Waals surface area contributed by atoms with Crippen LogP contribution in [0.25, 0.3) is 0 Å². The molecule has 3 nitrogen and oxygen atoms in total. The molecule has 2 aromatic carbocycles. The van der Waals surface area contributed by atoms with Gasteiger partial charge in [-0.25, -0.2) is 0 Å². The van der Waals surface area contributed by atoms with E-state index in [4.69, 9.17) is 9.47 Å². The van der Waals surface area contributed by atoms with Crippen LogP contribution in [0.15, 0.2) is 53.0 Å². The van der Waals surface area contributed by atoms with Crippen LogP contribution >= 0.6 is 15.9 Å². The van der Waals surface area contributed by atoms with Gasteiger partial charge in [-0.15, -0.1) is 0 Å². The van der Waals surface area contributed by atoms with Crippen LogP contribution < -0.4 is 4.74 Å². The number of hydrogen-bond acceptors (Lipinski definition) is 3. The highest BCUT2D eigenvalue weighted by atomic mass is 79.9. The first kappa shape index (κ1) is 15.0. The molecule has 0 spiro atoms. The van der Waals surface area contributed by atoms with E-state index in [0.29, 0.717) is 12.4 Å². The van der Waals surface area contributed by atoms with E-state index in [1.54, 1.807) is 6.92 Å². The van der Waals surface area contributed by atoms with Crippen LogP contribution in [0.3, 0.4) is 0 Å². The largest absolute Gasteiger partial charge is 0.467 e. The zero-order valence-electron chi connectivity index (χ0n) is 11.3. The molecule has 2 aromatic rings. The molecule has 0 aliphatic heterocycles. The molecule has 1 unspecified atom stereocenters. The lowest BCUT2D eigenvalue weighted by molar-refractivity contribution is 0.00339. The van der Waals surface area contributed by atoms with E-state index in [1.165, 1.54) is 0 Å². The molecule has 0 aromatic heterocycles. The van der Waals surface area contributed by atoms with Gasteiger partial charge in [0.05, 0.1) is 12.7 Å². The molecule has 0 saturated carbocycles. The van der Waals surface area contributed by atoms with Gasteiger partial charge in [0.1, 0.15) is 5.75 Å². The maximum Gasteiger partial charge on any atom is 0.189 e. The van der Waals surface area contributed by atoms with Crippen molar-refractivity contribution in [2.24, 2.45) is 0 Å². The summed E-state index contributed by atoms with van der Waals surface area (Å²) in [7, 11) is 0. The summed E-state index contributed by atoms with van der Waals surface area (Å²) in [6.45, 7) is 2.35. The minimum atomic E-state index is -0.577.